The highest BCUT2D eigenvalue weighted by atomic mass is 35.5. The summed E-state index contributed by atoms with van der Waals surface area (Å²) in [6, 6.07) is 3.22. The van der Waals surface area contributed by atoms with Gasteiger partial charge in [-0.3, -0.25) is 4.31 Å². The van der Waals surface area contributed by atoms with Crippen LogP contribution >= 0.6 is 11.6 Å². The Hall–Kier alpha value is -0.810. The number of halogens is 1. The van der Waals surface area contributed by atoms with Crippen LogP contribution in [-0.2, 0) is 10.0 Å². The molecule has 1 heterocycles. The molecular formula is C7H9ClN2O2S. The molecule has 0 unspecified atom stereocenters. The molecule has 0 spiro atoms. The van der Waals surface area contributed by atoms with Crippen molar-refractivity contribution >= 4 is 27.3 Å². The van der Waals surface area contributed by atoms with Crippen LogP contribution in [0.15, 0.2) is 18.3 Å². The molecule has 0 saturated carbocycles. The summed E-state index contributed by atoms with van der Waals surface area (Å²) in [5.74, 6) is 0. The van der Waals surface area contributed by atoms with E-state index in [1.54, 1.807) is 12.1 Å². The van der Waals surface area contributed by atoms with Crippen molar-refractivity contribution in [3.05, 3.63) is 23.5 Å². The van der Waals surface area contributed by atoms with E-state index in [1.807, 2.05) is 0 Å². The SMILES string of the molecule is CN(c1cccnc1Cl)S(C)(=O)=O. The highest BCUT2D eigenvalue weighted by Gasteiger charge is 2.14. The number of rotatable bonds is 2. The fraction of sp³-hybridized carbons (Fsp3) is 0.286. The monoisotopic (exact) mass is 220 g/mol. The van der Waals surface area contributed by atoms with Gasteiger partial charge in [-0.2, -0.15) is 0 Å². The summed E-state index contributed by atoms with van der Waals surface area (Å²) in [4.78, 5) is 3.77. The Balaban J connectivity index is 3.17. The molecule has 0 aliphatic heterocycles. The number of pyridine rings is 1. The van der Waals surface area contributed by atoms with Gasteiger partial charge in [0.05, 0.1) is 11.9 Å². The van der Waals surface area contributed by atoms with Crippen LogP contribution in [0.3, 0.4) is 0 Å². The number of sulfonamides is 1. The topological polar surface area (TPSA) is 50.3 Å². The third-order valence-corrected chi connectivity index (χ3v) is 3.06. The molecule has 0 N–H and O–H groups in total. The average Bonchev–Trinajstić information content (AvgIpc) is 2.02. The molecule has 72 valence electrons. The standard InChI is InChI=1S/C7H9ClN2O2S/c1-10(13(2,11)12)6-4-3-5-9-7(6)8/h3-5H,1-2H3. The highest BCUT2D eigenvalue weighted by Crippen LogP contribution is 2.22. The van der Waals surface area contributed by atoms with Crippen LogP contribution in [0, 0.1) is 0 Å². The summed E-state index contributed by atoms with van der Waals surface area (Å²) >= 11 is 5.71. The Morgan fingerprint density at radius 1 is 1.54 bits per heavy atom. The van der Waals surface area contributed by atoms with E-state index in [9.17, 15) is 8.42 Å². The third kappa shape index (κ3) is 2.32. The van der Waals surface area contributed by atoms with Crippen molar-refractivity contribution in [3.8, 4) is 0 Å². The number of aromatic nitrogens is 1. The van der Waals surface area contributed by atoms with Crippen molar-refractivity contribution in [2.45, 2.75) is 0 Å². The van der Waals surface area contributed by atoms with Gasteiger partial charge in [0.15, 0.2) is 5.15 Å². The van der Waals surface area contributed by atoms with Crippen molar-refractivity contribution in [2.75, 3.05) is 17.6 Å². The van der Waals surface area contributed by atoms with Crippen LogP contribution in [0.25, 0.3) is 0 Å². The lowest BCUT2D eigenvalue weighted by molar-refractivity contribution is 0.600. The minimum Gasteiger partial charge on any atom is -0.270 e. The molecule has 1 rings (SSSR count). The van der Waals surface area contributed by atoms with Gasteiger partial charge in [0.25, 0.3) is 0 Å². The van der Waals surface area contributed by atoms with Gasteiger partial charge in [0, 0.05) is 13.2 Å². The van der Waals surface area contributed by atoms with Crippen LogP contribution < -0.4 is 4.31 Å². The largest absolute Gasteiger partial charge is 0.270 e. The molecule has 6 heteroatoms. The minimum absolute atomic E-state index is 0.176. The van der Waals surface area contributed by atoms with E-state index in [0.29, 0.717) is 5.69 Å². The second-order valence-corrected chi connectivity index (χ2v) is 4.92. The van der Waals surface area contributed by atoms with Gasteiger partial charge in [0.1, 0.15) is 0 Å². The van der Waals surface area contributed by atoms with Crippen LogP contribution in [0.5, 0.6) is 0 Å². The van der Waals surface area contributed by atoms with Crippen molar-refractivity contribution in [2.24, 2.45) is 0 Å². The van der Waals surface area contributed by atoms with Gasteiger partial charge >= 0.3 is 0 Å². The highest BCUT2D eigenvalue weighted by molar-refractivity contribution is 7.92. The Bertz CT molecular complexity index is 405. The maximum Gasteiger partial charge on any atom is 0.232 e. The Kier molecular flexibility index (Phi) is 2.77. The van der Waals surface area contributed by atoms with E-state index in [2.05, 4.69) is 4.98 Å². The number of hydrogen-bond acceptors (Lipinski definition) is 3. The van der Waals surface area contributed by atoms with Crippen LogP contribution in [0.1, 0.15) is 0 Å². The minimum atomic E-state index is -3.27. The van der Waals surface area contributed by atoms with E-state index in [1.165, 1.54) is 13.2 Å². The van der Waals surface area contributed by atoms with E-state index in [-0.39, 0.29) is 5.15 Å². The van der Waals surface area contributed by atoms with Crippen molar-refractivity contribution in [1.29, 1.82) is 0 Å². The van der Waals surface area contributed by atoms with Crippen LogP contribution in [-0.4, -0.2) is 26.7 Å². The first-order valence-corrected chi connectivity index (χ1v) is 5.70. The lowest BCUT2D eigenvalue weighted by atomic mass is 10.4. The predicted octanol–water partition coefficient (Wildman–Crippen LogP) is 1.13. The van der Waals surface area contributed by atoms with Gasteiger partial charge in [-0.05, 0) is 12.1 Å². The molecule has 0 aliphatic carbocycles. The van der Waals surface area contributed by atoms with Gasteiger partial charge in [-0.1, -0.05) is 11.6 Å². The maximum absolute atomic E-state index is 11.1. The molecule has 0 radical (unpaired) electrons. The molecule has 13 heavy (non-hydrogen) atoms. The van der Waals surface area contributed by atoms with Crippen LogP contribution in [0.2, 0.25) is 5.15 Å². The smallest absolute Gasteiger partial charge is 0.232 e. The summed E-state index contributed by atoms with van der Waals surface area (Å²) < 4.78 is 23.3. The van der Waals surface area contributed by atoms with E-state index >= 15 is 0 Å². The van der Waals surface area contributed by atoms with E-state index in [4.69, 9.17) is 11.6 Å². The normalized spacial score (nSPS) is 11.3. The molecule has 0 saturated heterocycles. The molecule has 0 amide bonds. The summed E-state index contributed by atoms with van der Waals surface area (Å²) in [5.41, 5.74) is 0.381. The molecule has 0 fully saturated rings. The summed E-state index contributed by atoms with van der Waals surface area (Å²) in [6.45, 7) is 0. The van der Waals surface area contributed by atoms with Gasteiger partial charge in [-0.25, -0.2) is 13.4 Å². The zero-order valence-electron chi connectivity index (χ0n) is 7.23. The van der Waals surface area contributed by atoms with Crippen molar-refractivity contribution < 1.29 is 8.42 Å². The molecule has 0 aliphatic rings. The third-order valence-electron chi connectivity index (χ3n) is 1.58. The summed E-state index contributed by atoms with van der Waals surface area (Å²) in [7, 11) is -1.84. The Morgan fingerprint density at radius 3 is 2.62 bits per heavy atom. The molecule has 4 nitrogen and oxygen atoms in total. The Labute approximate surface area is 82.2 Å². The second-order valence-electron chi connectivity index (χ2n) is 2.54. The second kappa shape index (κ2) is 3.51. The van der Waals surface area contributed by atoms with E-state index in [0.717, 1.165) is 10.6 Å². The average molecular weight is 221 g/mol. The molecule has 0 atom stereocenters. The lowest BCUT2D eigenvalue weighted by Crippen LogP contribution is -2.25. The maximum atomic E-state index is 11.1. The lowest BCUT2D eigenvalue weighted by Gasteiger charge is -2.16. The molecule has 1 aromatic heterocycles. The molecule has 0 bridgehead atoms. The first kappa shape index (κ1) is 10.3. The van der Waals surface area contributed by atoms with Crippen molar-refractivity contribution in [1.82, 2.24) is 4.98 Å². The summed E-state index contributed by atoms with van der Waals surface area (Å²) in [6.07, 6.45) is 2.61. The fourth-order valence-corrected chi connectivity index (χ4v) is 1.59. The molecule has 0 aromatic carbocycles. The predicted molar refractivity (Wildman–Crippen MR) is 52.5 cm³/mol. The number of anilines is 1. The quantitative estimate of drug-likeness (QED) is 0.703. The number of nitrogens with zero attached hydrogens (tertiary/aromatic N) is 2. The zero-order valence-corrected chi connectivity index (χ0v) is 8.80. The Morgan fingerprint density at radius 2 is 2.15 bits per heavy atom. The fourth-order valence-electron chi connectivity index (χ4n) is 0.791. The number of hydrogen-bond donors (Lipinski definition) is 0. The van der Waals surface area contributed by atoms with Crippen molar-refractivity contribution in [3.63, 3.8) is 0 Å². The molecular weight excluding hydrogens is 212 g/mol. The first-order valence-electron chi connectivity index (χ1n) is 3.47. The van der Waals surface area contributed by atoms with Gasteiger partial charge in [0.2, 0.25) is 10.0 Å². The van der Waals surface area contributed by atoms with Gasteiger partial charge < -0.3 is 0 Å². The van der Waals surface area contributed by atoms with E-state index < -0.39 is 10.0 Å². The van der Waals surface area contributed by atoms with Crippen LogP contribution in [0.4, 0.5) is 5.69 Å². The van der Waals surface area contributed by atoms with Gasteiger partial charge in [-0.15, -0.1) is 0 Å². The first-order chi connectivity index (χ1) is 5.93. The zero-order chi connectivity index (χ0) is 10.1. The summed E-state index contributed by atoms with van der Waals surface area (Å²) in [5, 5.41) is 0.176. The molecule has 1 aromatic rings.